The molecular weight excluding hydrogens is 190 g/mol. The summed E-state index contributed by atoms with van der Waals surface area (Å²) in [6.07, 6.45) is 8.52. The van der Waals surface area contributed by atoms with E-state index in [1.54, 1.807) is 12.5 Å². The minimum Gasteiger partial charge on any atom is -0.472 e. The molecule has 1 unspecified atom stereocenters. The van der Waals surface area contributed by atoms with Crippen molar-refractivity contribution in [2.75, 3.05) is 6.54 Å². The van der Waals surface area contributed by atoms with Crippen molar-refractivity contribution in [2.45, 2.75) is 37.7 Å². The zero-order chi connectivity index (χ0) is 10.5. The van der Waals surface area contributed by atoms with Crippen LogP contribution in [-0.4, -0.2) is 11.7 Å². The first-order valence-electron chi connectivity index (χ1n) is 5.70. The SMILES string of the molecule is NCCC1(O)c2cocc2CCC12CC2. The molecule has 0 saturated heterocycles. The van der Waals surface area contributed by atoms with Crippen LogP contribution in [0.1, 0.15) is 36.8 Å². The lowest BCUT2D eigenvalue weighted by Gasteiger charge is -2.40. The van der Waals surface area contributed by atoms with Gasteiger partial charge in [-0.25, -0.2) is 0 Å². The van der Waals surface area contributed by atoms with Gasteiger partial charge in [-0.1, -0.05) is 0 Å². The van der Waals surface area contributed by atoms with E-state index in [1.165, 1.54) is 5.56 Å². The third-order valence-electron chi connectivity index (χ3n) is 4.30. The maximum atomic E-state index is 10.9. The Morgan fingerprint density at radius 1 is 1.33 bits per heavy atom. The van der Waals surface area contributed by atoms with Crippen LogP contribution in [0, 0.1) is 5.41 Å². The lowest BCUT2D eigenvalue weighted by molar-refractivity contribution is -0.0558. The second-order valence-electron chi connectivity index (χ2n) is 4.99. The monoisotopic (exact) mass is 207 g/mol. The van der Waals surface area contributed by atoms with Gasteiger partial charge in [0.15, 0.2) is 0 Å². The highest BCUT2D eigenvalue weighted by atomic mass is 16.3. The highest BCUT2D eigenvalue weighted by Gasteiger charge is 2.61. The van der Waals surface area contributed by atoms with Crippen LogP contribution in [0.5, 0.6) is 0 Å². The highest BCUT2D eigenvalue weighted by molar-refractivity contribution is 5.36. The zero-order valence-corrected chi connectivity index (χ0v) is 8.83. The Morgan fingerprint density at radius 3 is 2.80 bits per heavy atom. The second-order valence-corrected chi connectivity index (χ2v) is 4.99. The lowest BCUT2D eigenvalue weighted by Crippen LogP contribution is -2.42. The van der Waals surface area contributed by atoms with E-state index >= 15 is 0 Å². The fourth-order valence-corrected chi connectivity index (χ4v) is 3.17. The minimum atomic E-state index is -0.720. The van der Waals surface area contributed by atoms with E-state index in [0.29, 0.717) is 13.0 Å². The number of hydrogen-bond donors (Lipinski definition) is 2. The summed E-state index contributed by atoms with van der Waals surface area (Å²) in [6, 6.07) is 0. The molecule has 82 valence electrons. The van der Waals surface area contributed by atoms with Gasteiger partial charge < -0.3 is 15.3 Å². The largest absolute Gasteiger partial charge is 0.472 e. The van der Waals surface area contributed by atoms with Crippen molar-refractivity contribution in [1.29, 1.82) is 0 Å². The van der Waals surface area contributed by atoms with E-state index in [0.717, 1.165) is 31.2 Å². The Kier molecular flexibility index (Phi) is 1.80. The summed E-state index contributed by atoms with van der Waals surface area (Å²) in [6.45, 7) is 0.531. The maximum absolute atomic E-state index is 10.9. The van der Waals surface area contributed by atoms with Gasteiger partial charge in [0, 0.05) is 11.0 Å². The average molecular weight is 207 g/mol. The number of nitrogens with two attached hydrogens (primary N) is 1. The molecule has 0 radical (unpaired) electrons. The van der Waals surface area contributed by atoms with Gasteiger partial charge in [-0.15, -0.1) is 0 Å². The summed E-state index contributed by atoms with van der Waals surface area (Å²) in [4.78, 5) is 0. The van der Waals surface area contributed by atoms with E-state index in [-0.39, 0.29) is 5.41 Å². The lowest BCUT2D eigenvalue weighted by atomic mass is 9.69. The molecule has 0 bridgehead atoms. The normalized spacial score (nSPS) is 31.6. The van der Waals surface area contributed by atoms with Crippen molar-refractivity contribution in [3.05, 3.63) is 23.7 Å². The van der Waals surface area contributed by atoms with Crippen molar-refractivity contribution < 1.29 is 9.52 Å². The fraction of sp³-hybridized carbons (Fsp3) is 0.667. The Morgan fingerprint density at radius 2 is 2.13 bits per heavy atom. The van der Waals surface area contributed by atoms with Gasteiger partial charge in [-0.05, 0) is 44.2 Å². The first kappa shape index (κ1) is 9.43. The molecule has 15 heavy (non-hydrogen) atoms. The summed E-state index contributed by atoms with van der Waals surface area (Å²) in [5.41, 5.74) is 7.19. The molecule has 3 rings (SSSR count). The van der Waals surface area contributed by atoms with Crippen LogP contribution in [0.2, 0.25) is 0 Å². The number of hydrogen-bond acceptors (Lipinski definition) is 3. The molecule has 1 saturated carbocycles. The van der Waals surface area contributed by atoms with Gasteiger partial charge in [0.25, 0.3) is 0 Å². The fourth-order valence-electron chi connectivity index (χ4n) is 3.17. The summed E-state index contributed by atoms with van der Waals surface area (Å²) in [5.74, 6) is 0. The summed E-state index contributed by atoms with van der Waals surface area (Å²) < 4.78 is 5.23. The Bertz CT molecular complexity index is 381. The number of aryl methyl sites for hydroxylation is 1. The number of rotatable bonds is 2. The predicted octanol–water partition coefficient (Wildman–Crippen LogP) is 1.54. The van der Waals surface area contributed by atoms with Crippen molar-refractivity contribution in [3.8, 4) is 0 Å². The molecule has 1 spiro atoms. The molecule has 2 aliphatic rings. The molecule has 3 heteroatoms. The number of fused-ring (bicyclic) bond motifs is 1. The molecule has 1 fully saturated rings. The third kappa shape index (κ3) is 1.08. The smallest absolute Gasteiger partial charge is 0.0998 e. The number of furan rings is 1. The Balaban J connectivity index is 2.08. The van der Waals surface area contributed by atoms with E-state index in [1.807, 2.05) is 0 Å². The molecule has 3 N–H and O–H groups in total. The topological polar surface area (TPSA) is 59.4 Å². The molecule has 0 aliphatic heterocycles. The molecule has 2 aliphatic carbocycles. The van der Waals surface area contributed by atoms with Crippen LogP contribution < -0.4 is 5.73 Å². The molecular formula is C12H17NO2. The first-order chi connectivity index (χ1) is 7.22. The van der Waals surface area contributed by atoms with Crippen LogP contribution in [0.4, 0.5) is 0 Å². The van der Waals surface area contributed by atoms with Crippen molar-refractivity contribution in [3.63, 3.8) is 0 Å². The quantitative estimate of drug-likeness (QED) is 0.773. The van der Waals surface area contributed by atoms with Crippen LogP contribution in [0.25, 0.3) is 0 Å². The van der Waals surface area contributed by atoms with Gasteiger partial charge in [0.05, 0.1) is 18.1 Å². The molecule has 0 amide bonds. The Labute approximate surface area is 89.3 Å². The number of aliphatic hydroxyl groups is 1. The highest BCUT2D eigenvalue weighted by Crippen LogP contribution is 2.65. The van der Waals surface area contributed by atoms with Gasteiger partial charge in [-0.2, -0.15) is 0 Å². The van der Waals surface area contributed by atoms with Crippen LogP contribution in [0.15, 0.2) is 16.9 Å². The molecule has 1 atom stereocenters. The molecule has 1 heterocycles. The van der Waals surface area contributed by atoms with Gasteiger partial charge in [0.1, 0.15) is 0 Å². The van der Waals surface area contributed by atoms with Gasteiger partial charge in [-0.3, -0.25) is 0 Å². The second kappa shape index (κ2) is 2.86. The third-order valence-corrected chi connectivity index (χ3v) is 4.30. The summed E-state index contributed by atoms with van der Waals surface area (Å²) in [7, 11) is 0. The predicted molar refractivity (Wildman–Crippen MR) is 56.3 cm³/mol. The summed E-state index contributed by atoms with van der Waals surface area (Å²) >= 11 is 0. The van der Waals surface area contributed by atoms with Crippen molar-refractivity contribution in [2.24, 2.45) is 11.1 Å². The first-order valence-corrected chi connectivity index (χ1v) is 5.70. The standard InChI is InChI=1S/C12H17NO2/c13-6-5-12(14)10-8-15-7-9(10)1-2-11(12)3-4-11/h7-8,14H,1-6,13H2. The minimum absolute atomic E-state index is 0.114. The average Bonchev–Trinajstić information content (AvgIpc) is 2.84. The molecule has 3 nitrogen and oxygen atoms in total. The van der Waals surface area contributed by atoms with Crippen LogP contribution >= 0.6 is 0 Å². The zero-order valence-electron chi connectivity index (χ0n) is 8.83. The van der Waals surface area contributed by atoms with Crippen molar-refractivity contribution in [1.82, 2.24) is 0 Å². The Hall–Kier alpha value is -0.800. The molecule has 1 aromatic rings. The summed E-state index contributed by atoms with van der Waals surface area (Å²) in [5, 5.41) is 10.9. The van der Waals surface area contributed by atoms with Gasteiger partial charge in [0.2, 0.25) is 0 Å². The molecule has 0 aromatic carbocycles. The van der Waals surface area contributed by atoms with E-state index in [9.17, 15) is 5.11 Å². The van der Waals surface area contributed by atoms with E-state index in [2.05, 4.69) is 0 Å². The van der Waals surface area contributed by atoms with Crippen LogP contribution in [0.3, 0.4) is 0 Å². The molecule has 1 aromatic heterocycles. The van der Waals surface area contributed by atoms with Crippen molar-refractivity contribution >= 4 is 0 Å². The maximum Gasteiger partial charge on any atom is 0.0998 e. The van der Waals surface area contributed by atoms with E-state index < -0.39 is 5.60 Å². The van der Waals surface area contributed by atoms with Gasteiger partial charge >= 0.3 is 0 Å². The van der Waals surface area contributed by atoms with E-state index in [4.69, 9.17) is 10.2 Å². The van der Waals surface area contributed by atoms with Crippen LogP contribution in [-0.2, 0) is 12.0 Å².